The maximum absolute atomic E-state index is 12.9. The molecular formula is C16H10ClF3O3. The quantitative estimate of drug-likeness (QED) is 0.603. The summed E-state index contributed by atoms with van der Waals surface area (Å²) >= 11 is 5.79. The summed E-state index contributed by atoms with van der Waals surface area (Å²) in [6.07, 6.45) is -4.20. The van der Waals surface area contributed by atoms with Crippen LogP contribution in [0.3, 0.4) is 0 Å². The molecule has 2 aromatic rings. The standard InChI is InChI=1S/C16H10ClF3O3/c1-23-15(22)10-4-2-9(3-5-10)12-6-11(16(18,19)20)7-14(17)13(12)8-21/h2-8H,1H3. The van der Waals surface area contributed by atoms with E-state index in [9.17, 15) is 22.8 Å². The monoisotopic (exact) mass is 342 g/mol. The number of alkyl halides is 3. The summed E-state index contributed by atoms with van der Waals surface area (Å²) in [6.45, 7) is 0. The van der Waals surface area contributed by atoms with Gasteiger partial charge in [0.05, 0.1) is 23.3 Å². The highest BCUT2D eigenvalue weighted by atomic mass is 35.5. The van der Waals surface area contributed by atoms with Crippen LogP contribution in [0.4, 0.5) is 13.2 Å². The number of methoxy groups -OCH3 is 1. The third-order valence-electron chi connectivity index (χ3n) is 3.19. The molecular weight excluding hydrogens is 333 g/mol. The van der Waals surface area contributed by atoms with Crippen molar-refractivity contribution in [2.24, 2.45) is 0 Å². The van der Waals surface area contributed by atoms with Crippen LogP contribution in [-0.2, 0) is 10.9 Å². The van der Waals surface area contributed by atoms with Crippen LogP contribution < -0.4 is 0 Å². The normalized spacial score (nSPS) is 11.2. The van der Waals surface area contributed by atoms with Crippen molar-refractivity contribution in [1.82, 2.24) is 0 Å². The number of hydrogen-bond acceptors (Lipinski definition) is 3. The first-order valence-electron chi connectivity index (χ1n) is 6.32. The minimum Gasteiger partial charge on any atom is -0.465 e. The molecule has 23 heavy (non-hydrogen) atoms. The van der Waals surface area contributed by atoms with Gasteiger partial charge in [-0.1, -0.05) is 23.7 Å². The lowest BCUT2D eigenvalue weighted by atomic mass is 9.96. The number of ether oxygens (including phenoxy) is 1. The van der Waals surface area contributed by atoms with Crippen molar-refractivity contribution >= 4 is 23.9 Å². The summed E-state index contributed by atoms with van der Waals surface area (Å²) in [7, 11) is 1.22. The van der Waals surface area contributed by atoms with Gasteiger partial charge in [0, 0.05) is 5.56 Å². The Kier molecular flexibility index (Phi) is 4.75. The number of esters is 1. The van der Waals surface area contributed by atoms with Crippen LogP contribution >= 0.6 is 11.6 Å². The predicted molar refractivity (Wildman–Crippen MR) is 78.6 cm³/mol. The molecule has 0 aliphatic heterocycles. The molecule has 0 spiro atoms. The molecule has 2 rings (SSSR count). The largest absolute Gasteiger partial charge is 0.465 e. The van der Waals surface area contributed by atoms with E-state index in [4.69, 9.17) is 11.6 Å². The van der Waals surface area contributed by atoms with E-state index in [-0.39, 0.29) is 21.7 Å². The van der Waals surface area contributed by atoms with Crippen molar-refractivity contribution in [2.45, 2.75) is 6.18 Å². The van der Waals surface area contributed by atoms with Gasteiger partial charge in [0.25, 0.3) is 0 Å². The lowest BCUT2D eigenvalue weighted by Gasteiger charge is -2.13. The zero-order valence-electron chi connectivity index (χ0n) is 11.8. The average molecular weight is 343 g/mol. The second kappa shape index (κ2) is 6.42. The fourth-order valence-corrected chi connectivity index (χ4v) is 2.31. The van der Waals surface area contributed by atoms with E-state index >= 15 is 0 Å². The van der Waals surface area contributed by atoms with Crippen molar-refractivity contribution < 1.29 is 27.5 Å². The number of benzene rings is 2. The smallest absolute Gasteiger partial charge is 0.416 e. The van der Waals surface area contributed by atoms with E-state index in [1.165, 1.54) is 31.4 Å². The van der Waals surface area contributed by atoms with Gasteiger partial charge in [-0.3, -0.25) is 4.79 Å². The maximum Gasteiger partial charge on any atom is 0.416 e. The molecule has 0 radical (unpaired) electrons. The van der Waals surface area contributed by atoms with Gasteiger partial charge in [0.2, 0.25) is 0 Å². The Morgan fingerprint density at radius 1 is 1.17 bits per heavy atom. The Bertz CT molecular complexity index is 752. The van der Waals surface area contributed by atoms with Crippen molar-refractivity contribution in [3.05, 3.63) is 58.1 Å². The first kappa shape index (κ1) is 17.0. The molecule has 0 amide bonds. The molecule has 0 atom stereocenters. The molecule has 0 heterocycles. The minimum atomic E-state index is -4.59. The second-order valence-electron chi connectivity index (χ2n) is 4.60. The van der Waals surface area contributed by atoms with Crippen molar-refractivity contribution in [3.8, 4) is 11.1 Å². The summed E-state index contributed by atoms with van der Waals surface area (Å²) in [5.41, 5.74) is -0.406. The van der Waals surface area contributed by atoms with Crippen LogP contribution in [0.2, 0.25) is 5.02 Å². The molecule has 3 nitrogen and oxygen atoms in total. The molecule has 7 heteroatoms. The van der Waals surface area contributed by atoms with E-state index in [1.807, 2.05) is 0 Å². The number of aldehydes is 1. The maximum atomic E-state index is 12.9. The Labute approximate surface area is 134 Å². The lowest BCUT2D eigenvalue weighted by molar-refractivity contribution is -0.137. The third-order valence-corrected chi connectivity index (χ3v) is 3.50. The van der Waals surface area contributed by atoms with Gasteiger partial charge in [0.1, 0.15) is 0 Å². The molecule has 2 aromatic carbocycles. The molecule has 0 fully saturated rings. The van der Waals surface area contributed by atoms with Crippen LogP contribution in [-0.4, -0.2) is 19.4 Å². The van der Waals surface area contributed by atoms with Crippen molar-refractivity contribution in [3.63, 3.8) is 0 Å². The van der Waals surface area contributed by atoms with Gasteiger partial charge < -0.3 is 4.74 Å². The number of halogens is 4. The SMILES string of the molecule is COC(=O)c1ccc(-c2cc(C(F)(F)F)cc(Cl)c2C=O)cc1. The van der Waals surface area contributed by atoms with Crippen LogP contribution in [0.1, 0.15) is 26.3 Å². The highest BCUT2D eigenvalue weighted by Gasteiger charge is 2.32. The van der Waals surface area contributed by atoms with Crippen LogP contribution in [0, 0.1) is 0 Å². The molecule has 0 unspecified atom stereocenters. The number of carbonyl (C=O) groups is 2. The van der Waals surface area contributed by atoms with E-state index in [1.54, 1.807) is 0 Å². The van der Waals surface area contributed by atoms with E-state index in [2.05, 4.69) is 4.74 Å². The van der Waals surface area contributed by atoms with Gasteiger partial charge in [-0.25, -0.2) is 4.79 Å². The summed E-state index contributed by atoms with van der Waals surface area (Å²) < 4.78 is 43.3. The van der Waals surface area contributed by atoms with Crippen LogP contribution in [0.5, 0.6) is 0 Å². The van der Waals surface area contributed by atoms with Crippen LogP contribution in [0.25, 0.3) is 11.1 Å². The van der Waals surface area contributed by atoms with E-state index in [0.29, 0.717) is 17.9 Å². The zero-order valence-corrected chi connectivity index (χ0v) is 12.5. The van der Waals surface area contributed by atoms with E-state index in [0.717, 1.165) is 6.07 Å². The minimum absolute atomic E-state index is 0.0382. The Balaban J connectivity index is 2.59. The van der Waals surface area contributed by atoms with Gasteiger partial charge >= 0.3 is 12.1 Å². The summed E-state index contributed by atoms with van der Waals surface area (Å²) in [4.78, 5) is 22.5. The van der Waals surface area contributed by atoms with Gasteiger partial charge in [-0.2, -0.15) is 13.2 Å². The first-order chi connectivity index (χ1) is 10.8. The summed E-state index contributed by atoms with van der Waals surface area (Å²) in [5.74, 6) is -0.575. The fourth-order valence-electron chi connectivity index (χ4n) is 2.04. The molecule has 0 aliphatic carbocycles. The molecule has 0 aliphatic rings. The molecule has 0 aromatic heterocycles. The van der Waals surface area contributed by atoms with Gasteiger partial charge in [-0.05, 0) is 35.4 Å². The first-order valence-corrected chi connectivity index (χ1v) is 6.70. The third kappa shape index (κ3) is 3.53. The zero-order chi connectivity index (χ0) is 17.2. The fraction of sp³-hybridized carbons (Fsp3) is 0.125. The predicted octanol–water partition coefficient (Wildman–Crippen LogP) is 4.62. The Hall–Kier alpha value is -2.34. The van der Waals surface area contributed by atoms with Crippen molar-refractivity contribution in [2.75, 3.05) is 7.11 Å². The molecule has 0 N–H and O–H groups in total. The second-order valence-corrected chi connectivity index (χ2v) is 5.01. The van der Waals surface area contributed by atoms with Gasteiger partial charge in [0.15, 0.2) is 6.29 Å². The van der Waals surface area contributed by atoms with Crippen LogP contribution in [0.15, 0.2) is 36.4 Å². The average Bonchev–Trinajstić information content (AvgIpc) is 2.52. The van der Waals surface area contributed by atoms with Crippen molar-refractivity contribution in [1.29, 1.82) is 0 Å². The summed E-state index contributed by atoms with van der Waals surface area (Å²) in [6, 6.07) is 7.18. The molecule has 120 valence electrons. The number of rotatable bonds is 3. The Morgan fingerprint density at radius 3 is 2.26 bits per heavy atom. The Morgan fingerprint density at radius 2 is 1.78 bits per heavy atom. The number of carbonyl (C=O) groups excluding carboxylic acids is 2. The topological polar surface area (TPSA) is 43.4 Å². The van der Waals surface area contributed by atoms with Gasteiger partial charge in [-0.15, -0.1) is 0 Å². The molecule has 0 saturated heterocycles. The summed E-state index contributed by atoms with van der Waals surface area (Å²) in [5, 5.41) is -0.290. The molecule has 0 bridgehead atoms. The number of hydrogen-bond donors (Lipinski definition) is 0. The van der Waals surface area contributed by atoms with E-state index < -0.39 is 17.7 Å². The highest BCUT2D eigenvalue weighted by Crippen LogP contribution is 2.37. The molecule has 0 saturated carbocycles. The highest BCUT2D eigenvalue weighted by molar-refractivity contribution is 6.33. The lowest BCUT2D eigenvalue weighted by Crippen LogP contribution is -2.06.